The van der Waals surface area contributed by atoms with Crippen LogP contribution >= 0.6 is 15.9 Å². The maximum absolute atomic E-state index is 15.5. The van der Waals surface area contributed by atoms with E-state index >= 15 is 8.78 Å². The topological polar surface area (TPSA) is 96.0 Å². The molecule has 45 heavy (non-hydrogen) atoms. The number of primary amides is 1. The Labute approximate surface area is 250 Å². The van der Waals surface area contributed by atoms with Gasteiger partial charge in [0.05, 0.1) is 28.4 Å². The lowest BCUT2D eigenvalue weighted by Crippen LogP contribution is -2.59. The highest BCUT2D eigenvalue weighted by Crippen LogP contribution is 2.59. The summed E-state index contributed by atoms with van der Waals surface area (Å²) in [6, 6.07) is 5.55. The van der Waals surface area contributed by atoms with Gasteiger partial charge in [-0.25, -0.2) is 8.78 Å². The molecule has 0 radical (unpaired) electrons. The van der Waals surface area contributed by atoms with Gasteiger partial charge in [0, 0.05) is 26.7 Å². The number of hydrogen-bond donors (Lipinski definition) is 2. The van der Waals surface area contributed by atoms with E-state index in [1.165, 1.54) is 12.1 Å². The monoisotopic (exact) mass is 723 g/mol. The van der Waals surface area contributed by atoms with Crippen molar-refractivity contribution >= 4 is 33.4 Å². The molecule has 3 N–H and O–H groups in total. The number of benzene rings is 3. The zero-order chi connectivity index (χ0) is 34.5. The normalized spacial score (nSPS) is 14.0. The Morgan fingerprint density at radius 3 is 1.93 bits per heavy atom. The molecule has 19 heteroatoms. The Kier molecular flexibility index (Phi) is 9.01. The number of nitrogens with two attached hydrogens (primary N) is 1. The van der Waals surface area contributed by atoms with Crippen LogP contribution in [0.2, 0.25) is 0 Å². The SMILES string of the molecule is N#Cc1cccc(C(=O)Nc2c(-c3c(Br)cc(C(F)(C(F)(F)F)C(F)(F)C(F)(F)F)cc3C(F)(F)F)ccc(C(N)=O)c2F)c1. The lowest BCUT2D eigenvalue weighted by atomic mass is 9.84. The molecular formula is C26H11BrF13N3O2. The highest BCUT2D eigenvalue weighted by Gasteiger charge is 2.82. The summed E-state index contributed by atoms with van der Waals surface area (Å²) in [5.74, 6) is -12.0. The molecule has 0 fully saturated rings. The van der Waals surface area contributed by atoms with Gasteiger partial charge in [-0.1, -0.05) is 28.1 Å². The number of nitrogens with one attached hydrogen (secondary N) is 1. The average molecular weight is 724 g/mol. The van der Waals surface area contributed by atoms with Crippen LogP contribution in [0.1, 0.15) is 37.4 Å². The zero-order valence-corrected chi connectivity index (χ0v) is 22.8. The lowest BCUT2D eigenvalue weighted by molar-refractivity contribution is -0.389. The summed E-state index contributed by atoms with van der Waals surface area (Å²) in [6.45, 7) is 0. The first-order valence-corrected chi connectivity index (χ1v) is 12.2. The molecule has 0 spiro atoms. The van der Waals surface area contributed by atoms with E-state index in [1.807, 2.05) is 5.32 Å². The Morgan fingerprint density at radius 2 is 1.44 bits per heavy atom. The van der Waals surface area contributed by atoms with Gasteiger partial charge in [-0.05, 0) is 36.4 Å². The molecule has 2 amide bonds. The molecule has 1 unspecified atom stereocenters. The van der Waals surface area contributed by atoms with Gasteiger partial charge < -0.3 is 11.1 Å². The van der Waals surface area contributed by atoms with E-state index in [-0.39, 0.29) is 5.56 Å². The zero-order valence-electron chi connectivity index (χ0n) is 21.3. The molecule has 0 aliphatic carbocycles. The number of rotatable bonds is 6. The molecule has 0 bridgehead atoms. The van der Waals surface area contributed by atoms with Gasteiger partial charge >= 0.3 is 30.1 Å². The first kappa shape index (κ1) is 35.1. The van der Waals surface area contributed by atoms with Crippen LogP contribution in [0.3, 0.4) is 0 Å². The second kappa shape index (κ2) is 11.5. The molecule has 240 valence electrons. The molecule has 0 saturated carbocycles. The molecule has 0 saturated heterocycles. The van der Waals surface area contributed by atoms with Crippen molar-refractivity contribution in [3.63, 3.8) is 0 Å². The molecule has 3 aromatic rings. The van der Waals surface area contributed by atoms with Gasteiger partial charge in [-0.2, -0.15) is 53.6 Å². The summed E-state index contributed by atoms with van der Waals surface area (Å²) in [7, 11) is 0. The van der Waals surface area contributed by atoms with E-state index in [4.69, 9.17) is 11.0 Å². The van der Waals surface area contributed by atoms with Crippen LogP contribution in [-0.2, 0) is 11.8 Å². The fourth-order valence-electron chi connectivity index (χ4n) is 4.03. The molecule has 3 aromatic carbocycles. The van der Waals surface area contributed by atoms with Gasteiger partial charge in [0.1, 0.15) is 0 Å². The van der Waals surface area contributed by atoms with Crippen molar-refractivity contribution in [3.05, 3.63) is 86.6 Å². The van der Waals surface area contributed by atoms with Crippen molar-refractivity contribution in [2.45, 2.75) is 30.1 Å². The van der Waals surface area contributed by atoms with Crippen LogP contribution in [-0.4, -0.2) is 30.1 Å². The Balaban J connectivity index is 2.43. The van der Waals surface area contributed by atoms with Gasteiger partial charge in [0.25, 0.3) is 11.8 Å². The summed E-state index contributed by atoms with van der Waals surface area (Å²) in [5.41, 5.74) is -12.6. The van der Waals surface area contributed by atoms with Crippen LogP contribution < -0.4 is 11.1 Å². The highest BCUT2D eigenvalue weighted by molar-refractivity contribution is 9.10. The summed E-state index contributed by atoms with van der Waals surface area (Å²) in [6.07, 6.45) is -20.4. The second-order valence-corrected chi connectivity index (χ2v) is 9.82. The largest absolute Gasteiger partial charge is 0.457 e. The van der Waals surface area contributed by atoms with Crippen molar-refractivity contribution in [1.82, 2.24) is 0 Å². The maximum atomic E-state index is 15.5. The van der Waals surface area contributed by atoms with Crippen LogP contribution in [0.4, 0.5) is 62.8 Å². The van der Waals surface area contributed by atoms with Crippen molar-refractivity contribution in [3.8, 4) is 17.2 Å². The molecule has 0 aliphatic heterocycles. The molecule has 0 heterocycles. The first-order chi connectivity index (χ1) is 20.4. The van der Waals surface area contributed by atoms with E-state index in [2.05, 4.69) is 15.9 Å². The first-order valence-electron chi connectivity index (χ1n) is 11.5. The Morgan fingerprint density at radius 1 is 0.844 bits per heavy atom. The molecule has 3 rings (SSSR count). The fraction of sp³-hybridized carbons (Fsp3) is 0.192. The quantitative estimate of drug-likeness (QED) is 0.250. The average Bonchev–Trinajstić information content (AvgIpc) is 2.91. The molecule has 0 aliphatic rings. The Hall–Kier alpha value is -4.34. The number of alkyl halides is 12. The van der Waals surface area contributed by atoms with Crippen LogP contribution in [0.25, 0.3) is 11.1 Å². The molecule has 5 nitrogen and oxygen atoms in total. The van der Waals surface area contributed by atoms with Gasteiger partial charge in [-0.3, -0.25) is 9.59 Å². The number of carbonyl (C=O) groups excluding carboxylic acids is 2. The minimum atomic E-state index is -7.32. The van der Waals surface area contributed by atoms with Crippen LogP contribution in [0.15, 0.2) is 53.0 Å². The minimum absolute atomic E-state index is 0.123. The number of anilines is 1. The number of amides is 2. The number of nitrogens with zero attached hydrogens (tertiary/aromatic N) is 1. The standard InChI is InChI=1S/C26H11BrF13N3O2/c27-16-8-12(22(29,25(35,36)37)24(33,34)26(38,39)40)7-15(23(30,31)32)17(16)13-4-5-14(20(42)44)18(28)19(13)43-21(45)11-3-1-2-10(6-11)9-41/h1-8H,(H2,42,44)(H,43,45). The van der Waals surface area contributed by atoms with Gasteiger partial charge in [0.2, 0.25) is 0 Å². The number of hydrogen-bond acceptors (Lipinski definition) is 3. The maximum Gasteiger partial charge on any atom is 0.457 e. The third-order valence-corrected chi connectivity index (χ3v) is 6.77. The number of nitriles is 1. The predicted molar refractivity (Wildman–Crippen MR) is 132 cm³/mol. The highest BCUT2D eigenvalue weighted by atomic mass is 79.9. The predicted octanol–water partition coefficient (Wildman–Crippen LogP) is 8.42. The summed E-state index contributed by atoms with van der Waals surface area (Å²) in [5, 5.41) is 10.8. The molecule has 1 atom stereocenters. The fourth-order valence-corrected chi connectivity index (χ4v) is 4.71. The van der Waals surface area contributed by atoms with Crippen LogP contribution in [0.5, 0.6) is 0 Å². The number of halogens is 14. The van der Waals surface area contributed by atoms with E-state index < -0.39 is 103 Å². The smallest absolute Gasteiger partial charge is 0.366 e. The van der Waals surface area contributed by atoms with Crippen molar-refractivity contribution in [2.24, 2.45) is 5.73 Å². The Bertz CT molecular complexity index is 1730. The summed E-state index contributed by atoms with van der Waals surface area (Å²) < 4.78 is 180. The van der Waals surface area contributed by atoms with Crippen molar-refractivity contribution in [1.29, 1.82) is 5.26 Å². The summed E-state index contributed by atoms with van der Waals surface area (Å²) >= 11 is 2.32. The lowest BCUT2D eigenvalue weighted by Gasteiger charge is -2.36. The molecular weight excluding hydrogens is 713 g/mol. The van der Waals surface area contributed by atoms with Gasteiger partial charge in [-0.15, -0.1) is 0 Å². The molecule has 0 aromatic heterocycles. The third kappa shape index (κ3) is 6.15. The van der Waals surface area contributed by atoms with E-state index in [0.717, 1.165) is 12.1 Å². The van der Waals surface area contributed by atoms with E-state index in [9.17, 15) is 57.9 Å². The summed E-state index contributed by atoms with van der Waals surface area (Å²) in [4.78, 5) is 24.6. The second-order valence-electron chi connectivity index (χ2n) is 8.97. The van der Waals surface area contributed by atoms with Gasteiger partial charge in [0.15, 0.2) is 5.82 Å². The number of carbonyl (C=O) groups is 2. The minimum Gasteiger partial charge on any atom is -0.366 e. The third-order valence-electron chi connectivity index (χ3n) is 6.14. The van der Waals surface area contributed by atoms with Crippen LogP contribution in [0, 0.1) is 17.1 Å². The van der Waals surface area contributed by atoms with E-state index in [1.54, 1.807) is 6.07 Å². The van der Waals surface area contributed by atoms with Crippen molar-refractivity contribution < 1.29 is 66.7 Å². The van der Waals surface area contributed by atoms with Crippen molar-refractivity contribution in [2.75, 3.05) is 5.32 Å². The van der Waals surface area contributed by atoms with E-state index in [0.29, 0.717) is 12.1 Å².